The topological polar surface area (TPSA) is 57.5 Å². The van der Waals surface area contributed by atoms with Crippen molar-refractivity contribution in [3.63, 3.8) is 0 Å². The van der Waals surface area contributed by atoms with Gasteiger partial charge in [-0.3, -0.25) is 4.79 Å². The fourth-order valence-electron chi connectivity index (χ4n) is 6.39. The minimum absolute atomic E-state index is 0.214. The summed E-state index contributed by atoms with van der Waals surface area (Å²) < 4.78 is 0. The van der Waals surface area contributed by atoms with E-state index < -0.39 is 5.97 Å². The van der Waals surface area contributed by atoms with Gasteiger partial charge in [-0.2, -0.15) is 0 Å². The zero-order valence-electron chi connectivity index (χ0n) is 17.8. The van der Waals surface area contributed by atoms with Crippen molar-refractivity contribution in [3.8, 4) is 0 Å². The largest absolute Gasteiger partial charge is 0.481 e. The highest BCUT2D eigenvalue weighted by atomic mass is 16.4. The highest BCUT2D eigenvalue weighted by Gasteiger charge is 2.50. The molecule has 156 valence electrons. The summed E-state index contributed by atoms with van der Waals surface area (Å²) in [4.78, 5) is 10.8. The number of hydrogen-bond donors (Lipinski definition) is 2. The van der Waals surface area contributed by atoms with Crippen LogP contribution in [0.1, 0.15) is 84.5 Å². The van der Waals surface area contributed by atoms with Crippen LogP contribution in [0.5, 0.6) is 0 Å². The minimum Gasteiger partial charge on any atom is -0.481 e. The number of aliphatic hydroxyl groups excluding tert-OH is 1. The number of carboxylic acid groups (broad SMARTS) is 1. The Balaban J connectivity index is 1.70. The molecule has 0 aromatic carbocycles. The van der Waals surface area contributed by atoms with Gasteiger partial charge in [0.1, 0.15) is 0 Å². The highest BCUT2D eigenvalue weighted by Crippen LogP contribution is 2.59. The summed E-state index contributed by atoms with van der Waals surface area (Å²) in [5.41, 5.74) is 4.37. The number of carbonyl (C=O) groups is 1. The predicted octanol–water partition coefficient (Wildman–Crippen LogP) is 6.05. The quantitative estimate of drug-likeness (QED) is 0.584. The molecule has 3 aliphatic carbocycles. The summed E-state index contributed by atoms with van der Waals surface area (Å²) >= 11 is 0. The van der Waals surface area contributed by atoms with Crippen LogP contribution in [0.15, 0.2) is 35.5 Å². The van der Waals surface area contributed by atoms with Crippen LogP contribution in [0.3, 0.4) is 0 Å². The van der Waals surface area contributed by atoms with Gasteiger partial charge in [-0.1, -0.05) is 43.7 Å². The van der Waals surface area contributed by atoms with Crippen molar-refractivity contribution < 1.29 is 15.0 Å². The number of carboxylic acids is 1. The van der Waals surface area contributed by atoms with Crippen LogP contribution >= 0.6 is 0 Å². The fraction of sp³-hybridized carbons (Fsp3) is 0.720. The third-order valence-electron chi connectivity index (χ3n) is 7.96. The van der Waals surface area contributed by atoms with E-state index in [1.54, 1.807) is 5.57 Å². The molecular formula is C25H38O3. The van der Waals surface area contributed by atoms with E-state index in [1.165, 1.54) is 43.3 Å². The zero-order valence-corrected chi connectivity index (χ0v) is 17.8. The maximum Gasteiger partial charge on any atom is 0.303 e. The van der Waals surface area contributed by atoms with E-state index >= 15 is 0 Å². The maximum absolute atomic E-state index is 10.8. The lowest BCUT2D eigenvalue weighted by atomic mass is 9.60. The Kier molecular flexibility index (Phi) is 6.85. The number of allylic oxidation sites excluding steroid dienone is 4. The summed E-state index contributed by atoms with van der Waals surface area (Å²) in [5, 5.41) is 18.9. The van der Waals surface area contributed by atoms with Crippen molar-refractivity contribution in [3.05, 3.63) is 35.5 Å². The molecule has 3 saturated carbocycles. The van der Waals surface area contributed by atoms with Crippen LogP contribution in [0.4, 0.5) is 0 Å². The van der Waals surface area contributed by atoms with E-state index in [-0.39, 0.29) is 6.10 Å². The van der Waals surface area contributed by atoms with Crippen molar-refractivity contribution >= 4 is 5.97 Å². The molecule has 0 amide bonds. The average Bonchev–Trinajstić information content (AvgIpc) is 2.99. The first kappa shape index (κ1) is 21.4. The molecule has 0 spiro atoms. The second-order valence-electron chi connectivity index (χ2n) is 9.79. The molecule has 3 rings (SSSR count). The number of fused-ring (bicyclic) bond motifs is 1. The normalized spacial score (nSPS) is 37.2. The molecule has 3 heteroatoms. The van der Waals surface area contributed by atoms with E-state index in [9.17, 15) is 9.90 Å². The molecule has 28 heavy (non-hydrogen) atoms. The maximum atomic E-state index is 10.8. The fourth-order valence-corrected chi connectivity index (χ4v) is 6.39. The summed E-state index contributed by atoms with van der Waals surface area (Å²) in [6.07, 6.45) is 15.3. The number of rotatable bonds is 6. The SMILES string of the molecule is C=C1CC[C@H](O)C/C1=C/C=C1\CCC[C@]2(C)[C@@H]([C@H](C)CCCC(=O)O)CC[C@@H]12. The number of aliphatic hydroxyl groups is 1. The van der Waals surface area contributed by atoms with Crippen LogP contribution < -0.4 is 0 Å². The van der Waals surface area contributed by atoms with Crippen LogP contribution in [0, 0.1) is 23.2 Å². The lowest BCUT2D eigenvalue weighted by Gasteiger charge is -2.44. The summed E-state index contributed by atoms with van der Waals surface area (Å²) in [6.45, 7) is 9.03. The zero-order chi connectivity index (χ0) is 20.3. The molecule has 0 aromatic heterocycles. The van der Waals surface area contributed by atoms with Crippen LogP contribution in [-0.2, 0) is 4.79 Å². The summed E-state index contributed by atoms with van der Waals surface area (Å²) in [7, 11) is 0. The van der Waals surface area contributed by atoms with Gasteiger partial charge in [0.15, 0.2) is 0 Å². The Morgan fingerprint density at radius 3 is 2.82 bits per heavy atom. The average molecular weight is 387 g/mol. The molecule has 3 fully saturated rings. The molecule has 0 radical (unpaired) electrons. The van der Waals surface area contributed by atoms with Gasteiger partial charge in [-0.15, -0.1) is 0 Å². The van der Waals surface area contributed by atoms with Gasteiger partial charge in [0.05, 0.1) is 6.10 Å². The smallest absolute Gasteiger partial charge is 0.303 e. The molecule has 0 aromatic rings. The third-order valence-corrected chi connectivity index (χ3v) is 7.96. The molecule has 0 heterocycles. The van der Waals surface area contributed by atoms with E-state index in [4.69, 9.17) is 5.11 Å². The number of aliphatic carboxylic acids is 1. The first-order valence-electron chi connectivity index (χ1n) is 11.3. The third kappa shape index (κ3) is 4.62. The molecular weight excluding hydrogens is 348 g/mol. The first-order chi connectivity index (χ1) is 13.3. The van der Waals surface area contributed by atoms with Crippen LogP contribution in [-0.4, -0.2) is 22.3 Å². The molecule has 0 bridgehead atoms. The van der Waals surface area contributed by atoms with Gasteiger partial charge in [0.25, 0.3) is 0 Å². The Morgan fingerprint density at radius 1 is 1.29 bits per heavy atom. The molecule has 3 aliphatic rings. The standard InChI is InChI=1S/C25H38O3/c1-17-9-12-21(26)16-20(17)11-10-19-7-5-15-25(3)22(13-14-23(19)25)18(2)6-4-8-24(27)28/h10-11,18,21-23,26H,1,4-9,12-16H2,2-3H3,(H,27,28)/b19-10+,20-11-/t18-,21+,22-,23+,25-/m1/s1. The molecule has 3 nitrogen and oxygen atoms in total. The van der Waals surface area contributed by atoms with Gasteiger partial charge in [0.2, 0.25) is 0 Å². The monoisotopic (exact) mass is 386 g/mol. The van der Waals surface area contributed by atoms with Gasteiger partial charge in [-0.05, 0) is 93.0 Å². The van der Waals surface area contributed by atoms with Crippen molar-refractivity contribution in [2.45, 2.75) is 90.6 Å². The number of hydrogen-bond acceptors (Lipinski definition) is 2. The molecule has 0 aliphatic heterocycles. The van der Waals surface area contributed by atoms with Gasteiger partial charge >= 0.3 is 5.97 Å². The van der Waals surface area contributed by atoms with Gasteiger partial charge in [-0.25, -0.2) is 0 Å². The first-order valence-corrected chi connectivity index (χ1v) is 11.3. The Morgan fingerprint density at radius 2 is 2.07 bits per heavy atom. The minimum atomic E-state index is -0.673. The van der Waals surface area contributed by atoms with Gasteiger partial charge < -0.3 is 10.2 Å². The Hall–Kier alpha value is -1.35. The Labute approximate surface area is 170 Å². The second kappa shape index (κ2) is 8.98. The second-order valence-corrected chi connectivity index (χ2v) is 9.79. The van der Waals surface area contributed by atoms with Crippen molar-refractivity contribution in [1.82, 2.24) is 0 Å². The molecule has 0 saturated heterocycles. The van der Waals surface area contributed by atoms with Crippen molar-refractivity contribution in [2.75, 3.05) is 0 Å². The van der Waals surface area contributed by atoms with E-state index in [0.717, 1.165) is 32.1 Å². The van der Waals surface area contributed by atoms with Gasteiger partial charge in [0, 0.05) is 6.42 Å². The molecule has 2 N–H and O–H groups in total. The Bertz CT molecular complexity index is 659. The van der Waals surface area contributed by atoms with Crippen LogP contribution in [0.25, 0.3) is 0 Å². The predicted molar refractivity (Wildman–Crippen MR) is 114 cm³/mol. The highest BCUT2D eigenvalue weighted by molar-refractivity contribution is 5.66. The summed E-state index contributed by atoms with van der Waals surface area (Å²) in [5.74, 6) is 1.29. The van der Waals surface area contributed by atoms with E-state index in [1.807, 2.05) is 0 Å². The van der Waals surface area contributed by atoms with E-state index in [0.29, 0.717) is 29.6 Å². The molecule has 5 atom stereocenters. The van der Waals surface area contributed by atoms with Crippen molar-refractivity contribution in [1.29, 1.82) is 0 Å². The molecule has 0 unspecified atom stereocenters. The van der Waals surface area contributed by atoms with E-state index in [2.05, 4.69) is 32.6 Å². The lowest BCUT2D eigenvalue weighted by molar-refractivity contribution is -0.137. The van der Waals surface area contributed by atoms with Crippen molar-refractivity contribution in [2.24, 2.45) is 23.2 Å². The van der Waals surface area contributed by atoms with Crippen LogP contribution in [0.2, 0.25) is 0 Å². The lowest BCUT2D eigenvalue weighted by Crippen LogP contribution is -2.36. The summed E-state index contributed by atoms with van der Waals surface area (Å²) in [6, 6.07) is 0.